The van der Waals surface area contributed by atoms with Crippen LogP contribution in [0.2, 0.25) is 0 Å². The number of benzene rings is 2. The van der Waals surface area contributed by atoms with Gasteiger partial charge in [0, 0.05) is 31.3 Å². The molecule has 1 aliphatic heterocycles. The van der Waals surface area contributed by atoms with Gasteiger partial charge in [0.2, 0.25) is 11.8 Å². The van der Waals surface area contributed by atoms with Crippen molar-refractivity contribution in [2.75, 3.05) is 23.9 Å². The molecule has 130 valence electrons. The average Bonchev–Trinajstić information content (AvgIpc) is 3.03. The third-order valence-electron chi connectivity index (χ3n) is 4.45. The van der Waals surface area contributed by atoms with Crippen LogP contribution in [0.3, 0.4) is 0 Å². The molecule has 1 aliphatic rings. The molecule has 0 saturated carbocycles. The Morgan fingerprint density at radius 2 is 2.00 bits per heavy atom. The van der Waals surface area contributed by atoms with Gasteiger partial charge in [-0.3, -0.25) is 9.59 Å². The topological polar surface area (TPSA) is 58.6 Å². The fourth-order valence-electron chi connectivity index (χ4n) is 3.19. The number of anilines is 2. The van der Waals surface area contributed by atoms with Crippen LogP contribution in [0.15, 0.2) is 42.5 Å². The number of carbonyl (C=O) groups excluding carboxylic acids is 2. The van der Waals surface area contributed by atoms with Crippen LogP contribution in [0, 0.1) is 0 Å². The summed E-state index contributed by atoms with van der Waals surface area (Å²) in [4.78, 5) is 25.6. The van der Waals surface area contributed by atoms with Crippen LogP contribution in [0.25, 0.3) is 0 Å². The minimum absolute atomic E-state index is 0.0349. The highest BCUT2D eigenvalue weighted by Gasteiger charge is 2.22. The maximum Gasteiger partial charge on any atom is 0.224 e. The molecule has 0 aliphatic carbocycles. The zero-order chi connectivity index (χ0) is 17.8. The zero-order valence-electron chi connectivity index (χ0n) is 14.5. The molecule has 0 unspecified atom stereocenters. The Bertz CT molecular complexity index is 801. The van der Waals surface area contributed by atoms with Crippen LogP contribution >= 0.6 is 0 Å². The molecule has 2 aromatic carbocycles. The third kappa shape index (κ3) is 3.82. The van der Waals surface area contributed by atoms with Crippen molar-refractivity contribution in [3.05, 3.63) is 53.6 Å². The lowest BCUT2D eigenvalue weighted by Gasteiger charge is -2.15. The summed E-state index contributed by atoms with van der Waals surface area (Å²) in [5.74, 6) is 0.816. The summed E-state index contributed by atoms with van der Waals surface area (Å²) >= 11 is 0. The van der Waals surface area contributed by atoms with Crippen LogP contribution in [-0.4, -0.2) is 25.5 Å². The molecule has 0 radical (unpaired) electrons. The van der Waals surface area contributed by atoms with Crippen molar-refractivity contribution in [1.29, 1.82) is 0 Å². The van der Waals surface area contributed by atoms with Gasteiger partial charge in [0.1, 0.15) is 5.75 Å². The van der Waals surface area contributed by atoms with Gasteiger partial charge in [-0.15, -0.1) is 0 Å². The Morgan fingerprint density at radius 1 is 1.20 bits per heavy atom. The molecule has 0 bridgehead atoms. The number of fused-ring (bicyclic) bond motifs is 1. The number of nitrogens with zero attached hydrogens (tertiary/aromatic N) is 1. The first-order valence-electron chi connectivity index (χ1n) is 8.41. The molecular formula is C20H22N2O3. The molecule has 2 amide bonds. The van der Waals surface area contributed by atoms with E-state index in [2.05, 4.69) is 5.32 Å². The number of aryl methyl sites for hydroxylation is 1. The van der Waals surface area contributed by atoms with Gasteiger partial charge in [0.15, 0.2) is 0 Å². The lowest BCUT2D eigenvalue weighted by molar-refractivity contribution is -0.117. The highest BCUT2D eigenvalue weighted by molar-refractivity contribution is 5.95. The molecule has 1 N–H and O–H groups in total. The number of hydrogen-bond donors (Lipinski definition) is 1. The Balaban J connectivity index is 1.61. The van der Waals surface area contributed by atoms with E-state index in [1.807, 2.05) is 42.5 Å². The monoisotopic (exact) mass is 338 g/mol. The number of methoxy groups -OCH3 is 1. The standard InChI is InChI=1S/C20H22N2O3/c1-14(23)22-12-11-16-13-17(8-9-18(16)22)21-20(24)10-7-15-5-3-4-6-19(15)25-2/h3-6,8-9,13H,7,10-12H2,1-2H3,(H,21,24). The molecule has 0 atom stereocenters. The van der Waals surface area contributed by atoms with Crippen molar-refractivity contribution in [3.63, 3.8) is 0 Å². The lowest BCUT2D eigenvalue weighted by Crippen LogP contribution is -2.25. The van der Waals surface area contributed by atoms with Crippen molar-refractivity contribution in [2.45, 2.75) is 26.2 Å². The van der Waals surface area contributed by atoms with Crippen LogP contribution in [0.5, 0.6) is 5.75 Å². The summed E-state index contributed by atoms with van der Waals surface area (Å²) in [6, 6.07) is 13.4. The van der Waals surface area contributed by atoms with Crippen molar-refractivity contribution in [2.24, 2.45) is 0 Å². The van der Waals surface area contributed by atoms with Crippen LogP contribution in [0.4, 0.5) is 11.4 Å². The van der Waals surface area contributed by atoms with E-state index < -0.39 is 0 Å². The van der Waals surface area contributed by atoms with Crippen molar-refractivity contribution >= 4 is 23.2 Å². The van der Waals surface area contributed by atoms with Gasteiger partial charge < -0.3 is 15.0 Å². The van der Waals surface area contributed by atoms with Gasteiger partial charge in [-0.05, 0) is 48.2 Å². The van der Waals surface area contributed by atoms with E-state index in [4.69, 9.17) is 4.74 Å². The van der Waals surface area contributed by atoms with Crippen molar-refractivity contribution in [1.82, 2.24) is 0 Å². The molecule has 1 heterocycles. The van der Waals surface area contributed by atoms with E-state index in [-0.39, 0.29) is 11.8 Å². The molecule has 0 aromatic heterocycles. The molecule has 25 heavy (non-hydrogen) atoms. The summed E-state index contributed by atoms with van der Waals surface area (Å²) in [7, 11) is 1.63. The van der Waals surface area contributed by atoms with Gasteiger partial charge in [-0.2, -0.15) is 0 Å². The number of carbonyl (C=O) groups is 2. The summed E-state index contributed by atoms with van der Waals surface area (Å²) in [5.41, 5.74) is 3.83. The predicted octanol–water partition coefficient (Wildman–Crippen LogP) is 3.18. The minimum atomic E-state index is -0.0349. The SMILES string of the molecule is COc1ccccc1CCC(=O)Nc1ccc2c(c1)CCN2C(C)=O. The van der Waals surface area contributed by atoms with Crippen molar-refractivity contribution in [3.8, 4) is 5.75 Å². The van der Waals surface area contributed by atoms with Crippen LogP contribution in [0.1, 0.15) is 24.5 Å². The summed E-state index contributed by atoms with van der Waals surface area (Å²) in [6.07, 6.45) is 1.83. The van der Waals surface area contributed by atoms with Gasteiger partial charge in [-0.1, -0.05) is 18.2 Å². The highest BCUT2D eigenvalue weighted by Crippen LogP contribution is 2.30. The Labute approximate surface area is 147 Å². The van der Waals surface area contributed by atoms with Gasteiger partial charge in [-0.25, -0.2) is 0 Å². The zero-order valence-corrected chi connectivity index (χ0v) is 14.5. The second-order valence-corrected chi connectivity index (χ2v) is 6.12. The van der Waals surface area contributed by atoms with Crippen LogP contribution < -0.4 is 15.0 Å². The first-order valence-corrected chi connectivity index (χ1v) is 8.41. The molecule has 2 aromatic rings. The fraction of sp³-hybridized carbons (Fsp3) is 0.300. The summed E-state index contributed by atoms with van der Waals surface area (Å²) in [5, 5.41) is 2.94. The molecule has 3 rings (SSSR count). The Hall–Kier alpha value is -2.82. The smallest absolute Gasteiger partial charge is 0.224 e. The first kappa shape index (κ1) is 17.0. The highest BCUT2D eigenvalue weighted by atomic mass is 16.5. The second kappa shape index (κ2) is 7.38. The Morgan fingerprint density at radius 3 is 2.76 bits per heavy atom. The van der Waals surface area contributed by atoms with E-state index in [9.17, 15) is 9.59 Å². The number of para-hydroxylation sites is 1. The van der Waals surface area contributed by atoms with E-state index in [0.717, 1.165) is 34.7 Å². The van der Waals surface area contributed by atoms with E-state index >= 15 is 0 Å². The van der Waals surface area contributed by atoms with Gasteiger partial charge in [0.05, 0.1) is 7.11 Å². The molecule has 5 heteroatoms. The molecule has 0 saturated heterocycles. The first-order chi connectivity index (χ1) is 12.1. The van der Waals surface area contributed by atoms with Gasteiger partial charge >= 0.3 is 0 Å². The van der Waals surface area contributed by atoms with E-state index in [1.165, 1.54) is 0 Å². The van der Waals surface area contributed by atoms with Crippen LogP contribution in [-0.2, 0) is 22.4 Å². The molecule has 0 fully saturated rings. The van der Waals surface area contributed by atoms with Gasteiger partial charge in [0.25, 0.3) is 0 Å². The average molecular weight is 338 g/mol. The summed E-state index contributed by atoms with van der Waals surface area (Å²) in [6.45, 7) is 2.28. The second-order valence-electron chi connectivity index (χ2n) is 6.12. The molecule has 0 spiro atoms. The normalized spacial score (nSPS) is 12.6. The summed E-state index contributed by atoms with van der Waals surface area (Å²) < 4.78 is 5.31. The maximum absolute atomic E-state index is 12.2. The third-order valence-corrected chi connectivity index (χ3v) is 4.45. The minimum Gasteiger partial charge on any atom is -0.496 e. The predicted molar refractivity (Wildman–Crippen MR) is 98.1 cm³/mol. The number of nitrogens with one attached hydrogen (secondary N) is 1. The Kier molecular flexibility index (Phi) is 5.03. The number of amides is 2. The maximum atomic E-state index is 12.2. The molecule has 5 nitrogen and oxygen atoms in total. The molecular weight excluding hydrogens is 316 g/mol. The van der Waals surface area contributed by atoms with E-state index in [1.54, 1.807) is 18.9 Å². The lowest BCUT2D eigenvalue weighted by atomic mass is 10.1. The van der Waals surface area contributed by atoms with Crippen molar-refractivity contribution < 1.29 is 14.3 Å². The largest absolute Gasteiger partial charge is 0.496 e. The number of rotatable bonds is 5. The fourth-order valence-corrected chi connectivity index (χ4v) is 3.19. The number of ether oxygens (including phenoxy) is 1. The quantitative estimate of drug-likeness (QED) is 0.911. The van der Waals surface area contributed by atoms with E-state index in [0.29, 0.717) is 19.4 Å². The number of hydrogen-bond acceptors (Lipinski definition) is 3.